The van der Waals surface area contributed by atoms with Crippen molar-refractivity contribution >= 4 is 11.3 Å². The van der Waals surface area contributed by atoms with Gasteiger partial charge < -0.3 is 10.2 Å². The fraction of sp³-hybridized carbons (Fsp3) is 0.750. The van der Waals surface area contributed by atoms with Crippen LogP contribution < -0.4 is 5.32 Å². The van der Waals surface area contributed by atoms with Gasteiger partial charge in [0, 0.05) is 23.0 Å². The average Bonchev–Trinajstić information content (AvgIpc) is 3.01. The summed E-state index contributed by atoms with van der Waals surface area (Å²) in [5.74, 6) is 0. The zero-order chi connectivity index (χ0) is 13.7. The zero-order valence-electron chi connectivity index (χ0n) is 12.6. The molecule has 3 heteroatoms. The fourth-order valence-corrected chi connectivity index (χ4v) is 4.11. The number of hydrogen-bond acceptors (Lipinski definition) is 3. The molecule has 0 saturated carbocycles. The van der Waals surface area contributed by atoms with Crippen molar-refractivity contribution in [1.29, 1.82) is 0 Å². The van der Waals surface area contributed by atoms with Crippen molar-refractivity contribution in [3.63, 3.8) is 0 Å². The standard InChI is InChI=1S/C16H28N2S/c1-4-8-16(9-6-10-17-16)13-18(3)14(2)12-15-7-5-11-19-15/h5,7,11,14,17H,4,6,8-10,12-13H2,1-3H3. The summed E-state index contributed by atoms with van der Waals surface area (Å²) in [5.41, 5.74) is 0.382. The van der Waals surface area contributed by atoms with Gasteiger partial charge in [0.15, 0.2) is 0 Å². The van der Waals surface area contributed by atoms with E-state index >= 15 is 0 Å². The smallest absolute Gasteiger partial charge is 0.0309 e. The van der Waals surface area contributed by atoms with Gasteiger partial charge in [-0.3, -0.25) is 0 Å². The van der Waals surface area contributed by atoms with Gasteiger partial charge >= 0.3 is 0 Å². The highest BCUT2D eigenvalue weighted by molar-refractivity contribution is 7.09. The number of thiophene rings is 1. The molecule has 2 rings (SSSR count). The third-order valence-electron chi connectivity index (χ3n) is 4.44. The minimum atomic E-state index is 0.382. The summed E-state index contributed by atoms with van der Waals surface area (Å²) in [5, 5.41) is 5.96. The monoisotopic (exact) mass is 280 g/mol. The Hall–Kier alpha value is -0.380. The largest absolute Gasteiger partial charge is 0.310 e. The molecule has 1 aromatic heterocycles. The average molecular weight is 280 g/mol. The van der Waals surface area contributed by atoms with Crippen LogP contribution in [0, 0.1) is 0 Å². The second-order valence-electron chi connectivity index (χ2n) is 6.11. The van der Waals surface area contributed by atoms with Gasteiger partial charge in [0.05, 0.1) is 0 Å². The van der Waals surface area contributed by atoms with Gasteiger partial charge in [-0.2, -0.15) is 0 Å². The highest BCUT2D eigenvalue weighted by atomic mass is 32.1. The number of hydrogen-bond donors (Lipinski definition) is 1. The Bertz CT molecular complexity index is 355. The first kappa shape index (κ1) is 15.0. The Morgan fingerprint density at radius 3 is 2.95 bits per heavy atom. The van der Waals surface area contributed by atoms with Gasteiger partial charge in [-0.15, -0.1) is 11.3 Å². The topological polar surface area (TPSA) is 15.3 Å². The van der Waals surface area contributed by atoms with Crippen molar-refractivity contribution in [2.75, 3.05) is 20.1 Å². The lowest BCUT2D eigenvalue weighted by molar-refractivity contribution is 0.174. The Morgan fingerprint density at radius 1 is 1.53 bits per heavy atom. The van der Waals surface area contributed by atoms with E-state index in [4.69, 9.17) is 0 Å². The third kappa shape index (κ3) is 4.04. The molecule has 2 atom stereocenters. The molecule has 1 fully saturated rings. The van der Waals surface area contributed by atoms with Crippen molar-refractivity contribution in [3.8, 4) is 0 Å². The third-order valence-corrected chi connectivity index (χ3v) is 5.34. The van der Waals surface area contributed by atoms with E-state index in [0.29, 0.717) is 11.6 Å². The summed E-state index contributed by atoms with van der Waals surface area (Å²) in [6.07, 6.45) is 6.45. The molecule has 1 aliphatic rings. The Labute approximate surface area is 122 Å². The summed E-state index contributed by atoms with van der Waals surface area (Å²) >= 11 is 1.88. The van der Waals surface area contributed by atoms with E-state index in [2.05, 4.69) is 48.6 Å². The number of nitrogens with one attached hydrogen (secondary N) is 1. The van der Waals surface area contributed by atoms with Gasteiger partial charge in [0.2, 0.25) is 0 Å². The Morgan fingerprint density at radius 2 is 2.37 bits per heavy atom. The molecule has 0 spiro atoms. The molecule has 1 N–H and O–H groups in total. The van der Waals surface area contributed by atoms with Crippen LogP contribution in [-0.4, -0.2) is 36.6 Å². The Kier molecular flexibility index (Phi) is 5.43. The summed E-state index contributed by atoms with van der Waals surface area (Å²) < 4.78 is 0. The normalized spacial score (nSPS) is 25.1. The summed E-state index contributed by atoms with van der Waals surface area (Å²) in [7, 11) is 2.29. The molecule has 1 aliphatic heterocycles. The maximum Gasteiger partial charge on any atom is 0.0309 e. The molecule has 0 radical (unpaired) electrons. The lowest BCUT2D eigenvalue weighted by Crippen LogP contribution is -2.51. The Balaban J connectivity index is 1.89. The van der Waals surface area contributed by atoms with Crippen LogP contribution in [0.15, 0.2) is 17.5 Å². The first-order valence-electron chi connectivity index (χ1n) is 7.63. The van der Waals surface area contributed by atoms with E-state index in [-0.39, 0.29) is 0 Å². The van der Waals surface area contributed by atoms with Crippen molar-refractivity contribution < 1.29 is 0 Å². The van der Waals surface area contributed by atoms with Crippen LogP contribution in [0.1, 0.15) is 44.4 Å². The van der Waals surface area contributed by atoms with Crippen LogP contribution in [0.3, 0.4) is 0 Å². The van der Waals surface area contributed by atoms with Crippen molar-refractivity contribution in [1.82, 2.24) is 10.2 Å². The molecule has 1 aromatic rings. The van der Waals surface area contributed by atoms with Crippen molar-refractivity contribution in [3.05, 3.63) is 22.4 Å². The molecule has 0 aliphatic carbocycles. The first-order valence-corrected chi connectivity index (χ1v) is 8.51. The van der Waals surface area contributed by atoms with Crippen LogP contribution in [0.25, 0.3) is 0 Å². The van der Waals surface area contributed by atoms with E-state index in [1.54, 1.807) is 0 Å². The van der Waals surface area contributed by atoms with E-state index in [0.717, 1.165) is 0 Å². The van der Waals surface area contributed by atoms with E-state index in [9.17, 15) is 0 Å². The van der Waals surface area contributed by atoms with E-state index in [1.807, 2.05) is 11.3 Å². The highest BCUT2D eigenvalue weighted by Crippen LogP contribution is 2.26. The molecular weight excluding hydrogens is 252 g/mol. The van der Waals surface area contributed by atoms with Crippen molar-refractivity contribution in [2.24, 2.45) is 0 Å². The molecule has 1 saturated heterocycles. The van der Waals surface area contributed by atoms with Crippen LogP contribution in [0.5, 0.6) is 0 Å². The van der Waals surface area contributed by atoms with Gasteiger partial charge in [-0.1, -0.05) is 19.4 Å². The predicted octanol–water partition coefficient (Wildman–Crippen LogP) is 3.53. The second-order valence-corrected chi connectivity index (χ2v) is 7.14. The molecule has 19 heavy (non-hydrogen) atoms. The molecule has 108 valence electrons. The summed E-state index contributed by atoms with van der Waals surface area (Å²) in [6, 6.07) is 5.03. The number of nitrogens with zero attached hydrogens (tertiary/aromatic N) is 1. The molecule has 2 heterocycles. The molecule has 2 unspecified atom stereocenters. The fourth-order valence-electron chi connectivity index (χ4n) is 3.28. The van der Waals surface area contributed by atoms with Crippen LogP contribution in [-0.2, 0) is 6.42 Å². The second kappa shape index (κ2) is 6.87. The molecule has 0 amide bonds. The molecular formula is C16H28N2S. The lowest BCUT2D eigenvalue weighted by Gasteiger charge is -2.36. The van der Waals surface area contributed by atoms with Crippen LogP contribution >= 0.6 is 11.3 Å². The molecule has 0 aromatic carbocycles. The SMILES string of the molecule is CCCC1(CN(C)C(C)Cc2cccs2)CCCN1. The molecule has 2 nitrogen and oxygen atoms in total. The quantitative estimate of drug-likeness (QED) is 0.822. The maximum absolute atomic E-state index is 3.78. The van der Waals surface area contributed by atoms with Gasteiger partial charge in [0.1, 0.15) is 0 Å². The lowest BCUT2D eigenvalue weighted by atomic mass is 9.90. The van der Waals surface area contributed by atoms with Gasteiger partial charge in [0.25, 0.3) is 0 Å². The van der Waals surface area contributed by atoms with Crippen LogP contribution in [0.2, 0.25) is 0 Å². The van der Waals surface area contributed by atoms with Gasteiger partial charge in [-0.25, -0.2) is 0 Å². The highest BCUT2D eigenvalue weighted by Gasteiger charge is 2.34. The van der Waals surface area contributed by atoms with Crippen molar-refractivity contribution in [2.45, 2.75) is 57.5 Å². The van der Waals surface area contributed by atoms with E-state index in [1.165, 1.54) is 50.1 Å². The zero-order valence-corrected chi connectivity index (χ0v) is 13.4. The number of likely N-dealkylation sites (N-methyl/N-ethyl adjacent to an activating group) is 1. The minimum absolute atomic E-state index is 0.382. The predicted molar refractivity (Wildman–Crippen MR) is 85.0 cm³/mol. The number of rotatable bonds is 7. The summed E-state index contributed by atoms with van der Waals surface area (Å²) in [6.45, 7) is 7.05. The van der Waals surface area contributed by atoms with E-state index < -0.39 is 0 Å². The summed E-state index contributed by atoms with van der Waals surface area (Å²) in [4.78, 5) is 4.05. The van der Waals surface area contributed by atoms with Crippen LogP contribution in [0.4, 0.5) is 0 Å². The first-order chi connectivity index (χ1) is 9.15. The van der Waals surface area contributed by atoms with Gasteiger partial charge in [-0.05, 0) is 57.6 Å². The maximum atomic E-state index is 3.78. The molecule has 0 bridgehead atoms. The minimum Gasteiger partial charge on any atom is -0.310 e.